The molecule has 5 nitrogen and oxygen atoms in total. The van der Waals surface area contributed by atoms with Gasteiger partial charge in [0.05, 0.1) is 4.90 Å². The van der Waals surface area contributed by atoms with Crippen LogP contribution in [0.3, 0.4) is 0 Å². The molecule has 0 aliphatic rings. The van der Waals surface area contributed by atoms with Gasteiger partial charge in [0.25, 0.3) is 5.91 Å². The van der Waals surface area contributed by atoms with Crippen molar-refractivity contribution in [2.24, 2.45) is 0 Å². The van der Waals surface area contributed by atoms with Crippen LogP contribution in [-0.4, -0.2) is 31.7 Å². The van der Waals surface area contributed by atoms with Crippen molar-refractivity contribution in [1.82, 2.24) is 4.31 Å². The molecule has 6 heteroatoms. The summed E-state index contributed by atoms with van der Waals surface area (Å²) >= 11 is 0. The zero-order valence-electron chi connectivity index (χ0n) is 16.0. The van der Waals surface area contributed by atoms with Gasteiger partial charge in [0.2, 0.25) is 10.0 Å². The van der Waals surface area contributed by atoms with Gasteiger partial charge in [-0.3, -0.25) is 4.79 Å². The van der Waals surface area contributed by atoms with Crippen LogP contribution in [0.2, 0.25) is 0 Å². The van der Waals surface area contributed by atoms with E-state index in [4.69, 9.17) is 0 Å². The van der Waals surface area contributed by atoms with E-state index in [2.05, 4.69) is 5.32 Å². The SMILES string of the molecule is CCN(CC)S(=O)(=O)c1ccc(C)c(C(=O)Nc2c(C)cccc2C)c1. The van der Waals surface area contributed by atoms with Crippen LogP contribution in [0.4, 0.5) is 5.69 Å². The number of nitrogens with one attached hydrogen (secondary N) is 1. The third kappa shape index (κ3) is 3.97. The fraction of sp³-hybridized carbons (Fsp3) is 0.350. The molecule has 0 unspecified atom stereocenters. The van der Waals surface area contributed by atoms with Gasteiger partial charge >= 0.3 is 0 Å². The second-order valence-corrected chi connectivity index (χ2v) is 8.22. The van der Waals surface area contributed by atoms with Crippen molar-refractivity contribution in [1.29, 1.82) is 0 Å². The molecule has 0 bridgehead atoms. The van der Waals surface area contributed by atoms with Crippen molar-refractivity contribution < 1.29 is 13.2 Å². The Balaban J connectivity index is 2.43. The van der Waals surface area contributed by atoms with Gasteiger partial charge in [0.15, 0.2) is 0 Å². The van der Waals surface area contributed by atoms with Crippen LogP contribution in [-0.2, 0) is 10.0 Å². The first-order chi connectivity index (χ1) is 12.2. The molecular formula is C20H26N2O3S. The van der Waals surface area contributed by atoms with E-state index in [0.29, 0.717) is 18.7 Å². The molecule has 1 N–H and O–H groups in total. The number of carbonyl (C=O) groups excluding carboxylic acids is 1. The molecule has 0 fully saturated rings. The van der Waals surface area contributed by atoms with Crippen LogP contribution in [0.15, 0.2) is 41.3 Å². The summed E-state index contributed by atoms with van der Waals surface area (Å²) in [4.78, 5) is 12.9. The van der Waals surface area contributed by atoms with Crippen LogP contribution in [0.1, 0.15) is 40.9 Å². The Hall–Kier alpha value is -2.18. The molecule has 0 atom stereocenters. The molecule has 2 aromatic carbocycles. The highest BCUT2D eigenvalue weighted by molar-refractivity contribution is 7.89. The molecule has 1 amide bonds. The maximum absolute atomic E-state index is 12.8. The lowest BCUT2D eigenvalue weighted by molar-refractivity contribution is 0.102. The van der Waals surface area contributed by atoms with Crippen molar-refractivity contribution >= 4 is 21.6 Å². The number of hydrogen-bond acceptors (Lipinski definition) is 3. The summed E-state index contributed by atoms with van der Waals surface area (Å²) in [5.74, 6) is -0.309. The fourth-order valence-electron chi connectivity index (χ4n) is 2.91. The van der Waals surface area contributed by atoms with Gasteiger partial charge in [-0.15, -0.1) is 0 Å². The van der Waals surface area contributed by atoms with Gasteiger partial charge in [-0.2, -0.15) is 4.31 Å². The van der Waals surface area contributed by atoms with Gasteiger partial charge in [-0.25, -0.2) is 8.42 Å². The first kappa shape index (κ1) is 20.1. The van der Waals surface area contributed by atoms with E-state index in [0.717, 1.165) is 22.4 Å². The van der Waals surface area contributed by atoms with Crippen molar-refractivity contribution in [3.63, 3.8) is 0 Å². The Morgan fingerprint density at radius 3 is 2.08 bits per heavy atom. The molecule has 140 valence electrons. The standard InChI is InChI=1S/C20H26N2O3S/c1-6-22(7-2)26(24,25)17-12-11-14(3)18(13-17)20(23)21-19-15(4)9-8-10-16(19)5/h8-13H,6-7H2,1-5H3,(H,21,23). The topological polar surface area (TPSA) is 66.5 Å². The smallest absolute Gasteiger partial charge is 0.255 e. The normalized spacial score (nSPS) is 11.6. The summed E-state index contributed by atoms with van der Waals surface area (Å²) in [5, 5.41) is 2.92. The Bertz CT molecular complexity index is 896. The average molecular weight is 375 g/mol. The minimum atomic E-state index is -3.61. The van der Waals surface area contributed by atoms with Crippen molar-refractivity contribution in [3.05, 3.63) is 58.7 Å². The van der Waals surface area contributed by atoms with Crippen molar-refractivity contribution in [2.45, 2.75) is 39.5 Å². The maximum atomic E-state index is 12.8. The predicted molar refractivity (Wildman–Crippen MR) is 105 cm³/mol. The highest BCUT2D eigenvalue weighted by Crippen LogP contribution is 2.23. The third-order valence-electron chi connectivity index (χ3n) is 4.52. The van der Waals surface area contributed by atoms with Gasteiger partial charge in [0.1, 0.15) is 0 Å². The summed E-state index contributed by atoms with van der Waals surface area (Å²) in [6, 6.07) is 10.5. The Kier molecular flexibility index (Phi) is 6.21. The molecule has 0 radical (unpaired) electrons. The average Bonchev–Trinajstić information content (AvgIpc) is 2.59. The second-order valence-electron chi connectivity index (χ2n) is 6.29. The number of anilines is 1. The number of para-hydroxylation sites is 1. The maximum Gasteiger partial charge on any atom is 0.255 e. The molecule has 0 aliphatic carbocycles. The molecular weight excluding hydrogens is 348 g/mol. The van der Waals surface area contributed by atoms with Crippen LogP contribution >= 0.6 is 0 Å². The van der Waals surface area contributed by atoms with E-state index in [9.17, 15) is 13.2 Å². The molecule has 2 rings (SSSR count). The van der Waals surface area contributed by atoms with E-state index in [1.54, 1.807) is 32.9 Å². The zero-order valence-corrected chi connectivity index (χ0v) is 16.8. The van der Waals surface area contributed by atoms with E-state index in [-0.39, 0.29) is 10.8 Å². The molecule has 26 heavy (non-hydrogen) atoms. The Labute approximate surface area is 156 Å². The number of benzene rings is 2. The fourth-order valence-corrected chi connectivity index (χ4v) is 4.40. The van der Waals surface area contributed by atoms with Gasteiger partial charge in [-0.1, -0.05) is 38.1 Å². The minimum Gasteiger partial charge on any atom is -0.321 e. The Morgan fingerprint density at radius 1 is 0.962 bits per heavy atom. The number of nitrogens with zero attached hydrogens (tertiary/aromatic N) is 1. The molecule has 0 aliphatic heterocycles. The number of rotatable bonds is 6. The summed E-state index contributed by atoms with van der Waals surface area (Å²) in [5.41, 5.74) is 3.77. The molecule has 0 spiro atoms. The lowest BCUT2D eigenvalue weighted by atomic mass is 10.1. The minimum absolute atomic E-state index is 0.137. The number of aryl methyl sites for hydroxylation is 3. The van der Waals surface area contributed by atoms with Crippen LogP contribution < -0.4 is 5.32 Å². The summed E-state index contributed by atoms with van der Waals surface area (Å²) in [7, 11) is -3.61. The first-order valence-corrected chi connectivity index (χ1v) is 10.1. The van der Waals surface area contributed by atoms with Crippen molar-refractivity contribution in [2.75, 3.05) is 18.4 Å². The van der Waals surface area contributed by atoms with Crippen molar-refractivity contribution in [3.8, 4) is 0 Å². The van der Waals surface area contributed by atoms with E-state index in [1.165, 1.54) is 10.4 Å². The van der Waals surface area contributed by atoms with Gasteiger partial charge < -0.3 is 5.32 Å². The van der Waals surface area contributed by atoms with Crippen LogP contribution in [0, 0.1) is 20.8 Å². The lowest BCUT2D eigenvalue weighted by Gasteiger charge is -2.19. The number of amides is 1. The molecule has 0 heterocycles. The quantitative estimate of drug-likeness (QED) is 0.834. The van der Waals surface area contributed by atoms with Crippen LogP contribution in [0.25, 0.3) is 0 Å². The highest BCUT2D eigenvalue weighted by Gasteiger charge is 2.23. The summed E-state index contributed by atoms with van der Waals surface area (Å²) in [6.45, 7) is 10.0. The van der Waals surface area contributed by atoms with E-state index >= 15 is 0 Å². The highest BCUT2D eigenvalue weighted by atomic mass is 32.2. The first-order valence-electron chi connectivity index (χ1n) is 8.70. The monoisotopic (exact) mass is 374 g/mol. The van der Waals surface area contributed by atoms with Gasteiger partial charge in [0, 0.05) is 24.3 Å². The predicted octanol–water partition coefficient (Wildman–Crippen LogP) is 3.89. The number of hydrogen-bond donors (Lipinski definition) is 1. The summed E-state index contributed by atoms with van der Waals surface area (Å²) in [6.07, 6.45) is 0. The number of sulfonamides is 1. The molecule has 0 saturated carbocycles. The molecule has 0 saturated heterocycles. The summed E-state index contributed by atoms with van der Waals surface area (Å²) < 4.78 is 26.9. The third-order valence-corrected chi connectivity index (χ3v) is 6.56. The largest absolute Gasteiger partial charge is 0.321 e. The number of carbonyl (C=O) groups is 1. The van der Waals surface area contributed by atoms with E-state index in [1.807, 2.05) is 32.0 Å². The zero-order chi connectivity index (χ0) is 19.5. The lowest BCUT2D eigenvalue weighted by Crippen LogP contribution is -2.30. The second kappa shape index (κ2) is 8.01. The van der Waals surface area contributed by atoms with Crippen LogP contribution in [0.5, 0.6) is 0 Å². The Morgan fingerprint density at radius 2 is 1.54 bits per heavy atom. The van der Waals surface area contributed by atoms with Gasteiger partial charge in [-0.05, 0) is 49.6 Å². The van der Waals surface area contributed by atoms with E-state index < -0.39 is 10.0 Å². The molecule has 0 aromatic heterocycles. The molecule has 2 aromatic rings.